The van der Waals surface area contributed by atoms with Crippen molar-refractivity contribution in [3.05, 3.63) is 114 Å². The first-order valence-electron chi connectivity index (χ1n) is 13.1. The number of rotatable bonds is 6. The SMILES string of the molecule is CN1CCN(C2C(=C=O)N(Cc3cncn3C=Cc3ccccc3)C=C2c2cccc3ccccc23)CC1. The number of piperazine rings is 1. The average Bonchev–Trinajstić information content (AvgIpc) is 3.56. The van der Waals surface area contributed by atoms with Crippen LogP contribution in [0.15, 0.2) is 97.2 Å². The highest BCUT2D eigenvalue weighted by Crippen LogP contribution is 2.39. The van der Waals surface area contributed by atoms with Crippen LogP contribution in [-0.4, -0.2) is 69.5 Å². The second kappa shape index (κ2) is 10.6. The minimum absolute atomic E-state index is 0.136. The monoisotopic (exact) mass is 501 g/mol. The van der Waals surface area contributed by atoms with Gasteiger partial charge in [-0.1, -0.05) is 72.8 Å². The Balaban J connectivity index is 1.37. The lowest BCUT2D eigenvalue weighted by Gasteiger charge is -2.37. The molecule has 0 N–H and O–H groups in total. The van der Waals surface area contributed by atoms with Gasteiger partial charge in [0.25, 0.3) is 0 Å². The van der Waals surface area contributed by atoms with E-state index in [2.05, 4.69) is 99.5 Å². The first-order valence-corrected chi connectivity index (χ1v) is 13.1. The van der Waals surface area contributed by atoms with Crippen LogP contribution < -0.4 is 0 Å². The summed E-state index contributed by atoms with van der Waals surface area (Å²) in [7, 11) is 2.15. The second-order valence-corrected chi connectivity index (χ2v) is 9.99. The number of hydrogen-bond donors (Lipinski definition) is 0. The standard InChI is InChI=1S/C32H31N5O/c1-34-16-18-35(19-17-34)32-30(29-13-7-11-26-10-5-6-12-28(26)29)22-37(31(32)23-38)21-27-20-33-24-36(27)15-14-25-8-3-2-4-9-25/h2-15,20,22,24,32H,16-19,21H2,1H3. The van der Waals surface area contributed by atoms with Crippen molar-refractivity contribution in [3.8, 4) is 0 Å². The molecule has 1 saturated heterocycles. The van der Waals surface area contributed by atoms with Crippen molar-refractivity contribution in [2.24, 2.45) is 0 Å². The van der Waals surface area contributed by atoms with Crippen molar-refractivity contribution in [1.29, 1.82) is 0 Å². The van der Waals surface area contributed by atoms with E-state index in [-0.39, 0.29) is 6.04 Å². The van der Waals surface area contributed by atoms with Gasteiger partial charge in [-0.2, -0.15) is 0 Å². The Hall–Kier alpha value is -4.22. The van der Waals surface area contributed by atoms with E-state index in [1.165, 1.54) is 16.3 Å². The highest BCUT2D eigenvalue weighted by Gasteiger charge is 2.38. The highest BCUT2D eigenvalue weighted by molar-refractivity contribution is 5.96. The molecule has 1 atom stereocenters. The lowest BCUT2D eigenvalue weighted by molar-refractivity contribution is 0.140. The summed E-state index contributed by atoms with van der Waals surface area (Å²) in [6, 6.07) is 25.0. The number of fused-ring (bicyclic) bond motifs is 1. The third-order valence-corrected chi connectivity index (χ3v) is 7.57. The lowest BCUT2D eigenvalue weighted by atomic mass is 9.93. The third kappa shape index (κ3) is 4.73. The van der Waals surface area contributed by atoms with Crippen LogP contribution in [-0.2, 0) is 11.3 Å². The number of imidazole rings is 1. The summed E-state index contributed by atoms with van der Waals surface area (Å²) in [5.74, 6) is 2.35. The average molecular weight is 502 g/mol. The first-order chi connectivity index (χ1) is 18.7. The van der Waals surface area contributed by atoms with E-state index in [0.29, 0.717) is 12.2 Å². The Bertz CT molecular complexity index is 1530. The fraction of sp³-hybridized carbons (Fsp3) is 0.219. The maximum atomic E-state index is 12.6. The maximum Gasteiger partial charge on any atom is 0.148 e. The molecule has 38 heavy (non-hydrogen) atoms. The predicted octanol–water partition coefficient (Wildman–Crippen LogP) is 4.85. The molecule has 6 rings (SSSR count). The van der Waals surface area contributed by atoms with Crippen LogP contribution in [0, 0.1) is 0 Å². The van der Waals surface area contributed by atoms with Gasteiger partial charge in [-0.25, -0.2) is 9.78 Å². The first kappa shape index (κ1) is 24.1. The van der Waals surface area contributed by atoms with Crippen LogP contribution >= 0.6 is 0 Å². The molecule has 0 saturated carbocycles. The molecule has 0 aliphatic carbocycles. The number of hydrogen-bond acceptors (Lipinski definition) is 5. The van der Waals surface area contributed by atoms with Crippen molar-refractivity contribution < 1.29 is 4.79 Å². The van der Waals surface area contributed by atoms with E-state index >= 15 is 0 Å². The molecule has 3 heterocycles. The quantitative estimate of drug-likeness (QED) is 0.354. The van der Waals surface area contributed by atoms with E-state index in [4.69, 9.17) is 0 Å². The summed E-state index contributed by atoms with van der Waals surface area (Å²) in [5, 5.41) is 2.39. The molecule has 2 aliphatic heterocycles. The number of aromatic nitrogens is 2. The summed E-state index contributed by atoms with van der Waals surface area (Å²) in [6.07, 6.45) is 9.92. The van der Waals surface area contributed by atoms with Gasteiger partial charge in [0.1, 0.15) is 11.6 Å². The third-order valence-electron chi connectivity index (χ3n) is 7.57. The molecule has 1 unspecified atom stereocenters. The van der Waals surface area contributed by atoms with Gasteiger partial charge in [-0.3, -0.25) is 4.90 Å². The van der Waals surface area contributed by atoms with Gasteiger partial charge in [0, 0.05) is 44.2 Å². The fourth-order valence-corrected chi connectivity index (χ4v) is 5.50. The van der Waals surface area contributed by atoms with E-state index in [1.807, 2.05) is 41.5 Å². The Morgan fingerprint density at radius 1 is 0.947 bits per heavy atom. The summed E-state index contributed by atoms with van der Waals surface area (Å²) < 4.78 is 2.02. The Morgan fingerprint density at radius 2 is 1.71 bits per heavy atom. The van der Waals surface area contributed by atoms with Crippen molar-refractivity contribution in [3.63, 3.8) is 0 Å². The van der Waals surface area contributed by atoms with Crippen molar-refractivity contribution in [2.45, 2.75) is 12.6 Å². The summed E-state index contributed by atoms with van der Waals surface area (Å²) in [4.78, 5) is 23.8. The molecule has 1 fully saturated rings. The van der Waals surface area contributed by atoms with Gasteiger partial charge < -0.3 is 14.4 Å². The minimum Gasteiger partial charge on any atom is -0.334 e. The van der Waals surface area contributed by atoms with Crippen LogP contribution in [0.25, 0.3) is 28.6 Å². The van der Waals surface area contributed by atoms with Gasteiger partial charge in [0.05, 0.1) is 30.8 Å². The fourth-order valence-electron chi connectivity index (χ4n) is 5.50. The molecule has 6 heteroatoms. The Morgan fingerprint density at radius 3 is 2.53 bits per heavy atom. The molecule has 2 aliphatic rings. The van der Waals surface area contributed by atoms with Crippen LogP contribution in [0.2, 0.25) is 0 Å². The molecule has 4 aromatic rings. The molecule has 0 amide bonds. The normalized spacial score (nSPS) is 18.9. The Kier molecular flexibility index (Phi) is 6.76. The van der Waals surface area contributed by atoms with E-state index < -0.39 is 0 Å². The van der Waals surface area contributed by atoms with Gasteiger partial charge in [-0.05, 0) is 35.0 Å². The van der Waals surface area contributed by atoms with Gasteiger partial charge in [-0.15, -0.1) is 0 Å². The van der Waals surface area contributed by atoms with Crippen LogP contribution in [0.3, 0.4) is 0 Å². The topological polar surface area (TPSA) is 44.6 Å². The van der Waals surface area contributed by atoms with Crippen molar-refractivity contribution in [1.82, 2.24) is 24.3 Å². The molecule has 190 valence electrons. The van der Waals surface area contributed by atoms with Crippen LogP contribution in [0.1, 0.15) is 16.8 Å². The molecule has 0 radical (unpaired) electrons. The molecule has 0 spiro atoms. The zero-order valence-electron chi connectivity index (χ0n) is 21.6. The zero-order valence-corrected chi connectivity index (χ0v) is 21.6. The van der Waals surface area contributed by atoms with Gasteiger partial charge in [0.15, 0.2) is 0 Å². The van der Waals surface area contributed by atoms with Gasteiger partial charge in [0.2, 0.25) is 0 Å². The molecular formula is C32H31N5O. The Labute approximate surface area is 223 Å². The molecule has 3 aromatic carbocycles. The van der Waals surface area contributed by atoms with Crippen molar-refractivity contribution in [2.75, 3.05) is 33.2 Å². The van der Waals surface area contributed by atoms with Crippen LogP contribution in [0.4, 0.5) is 0 Å². The summed E-state index contributed by atoms with van der Waals surface area (Å²) >= 11 is 0. The predicted molar refractivity (Wildman–Crippen MR) is 153 cm³/mol. The number of nitrogens with zero attached hydrogens (tertiary/aromatic N) is 5. The lowest BCUT2D eigenvalue weighted by Crippen LogP contribution is -2.50. The minimum atomic E-state index is -0.136. The number of carbonyl (C=O) groups excluding carboxylic acids is 1. The summed E-state index contributed by atoms with van der Waals surface area (Å²) in [6.45, 7) is 4.29. The summed E-state index contributed by atoms with van der Waals surface area (Å²) in [5.41, 5.74) is 5.10. The largest absolute Gasteiger partial charge is 0.334 e. The zero-order chi connectivity index (χ0) is 25.9. The van der Waals surface area contributed by atoms with E-state index in [9.17, 15) is 4.79 Å². The number of likely N-dealkylation sites (N-methyl/N-ethyl adjacent to an activating group) is 1. The highest BCUT2D eigenvalue weighted by atomic mass is 16.1. The second-order valence-electron chi connectivity index (χ2n) is 9.99. The van der Waals surface area contributed by atoms with Gasteiger partial charge >= 0.3 is 0 Å². The smallest absolute Gasteiger partial charge is 0.148 e. The van der Waals surface area contributed by atoms with Crippen molar-refractivity contribution >= 4 is 34.6 Å². The molecular weight excluding hydrogens is 470 g/mol. The maximum absolute atomic E-state index is 12.6. The van der Waals surface area contributed by atoms with E-state index in [1.54, 1.807) is 0 Å². The van der Waals surface area contributed by atoms with Crippen LogP contribution in [0.5, 0.6) is 0 Å². The molecule has 6 nitrogen and oxygen atoms in total. The number of benzene rings is 3. The molecule has 0 bridgehead atoms. The molecule has 1 aromatic heterocycles. The van der Waals surface area contributed by atoms with E-state index in [0.717, 1.165) is 43.0 Å².